The van der Waals surface area contributed by atoms with Gasteiger partial charge in [0, 0.05) is 80.7 Å². The minimum atomic E-state index is -0.248. The van der Waals surface area contributed by atoms with Crippen LogP contribution in [-0.2, 0) is 45.1 Å². The van der Waals surface area contributed by atoms with E-state index in [0.29, 0.717) is 46.1 Å². The van der Waals surface area contributed by atoms with Gasteiger partial charge in [-0.1, -0.05) is 65.5 Å². The highest BCUT2D eigenvalue weighted by molar-refractivity contribution is 6.30. The van der Waals surface area contributed by atoms with Crippen molar-refractivity contribution in [2.75, 3.05) is 52.9 Å². The second-order valence-electron chi connectivity index (χ2n) is 19.8. The molecule has 12 nitrogen and oxygen atoms in total. The minimum Gasteiger partial charge on any atom is -0.375 e. The molecule has 76 heavy (non-hydrogen) atoms. The smallest absolute Gasteiger partial charge is 0.216 e. The number of pyridine rings is 4. The van der Waals surface area contributed by atoms with Crippen molar-refractivity contribution in [1.29, 1.82) is 0 Å². The highest BCUT2D eigenvalue weighted by Crippen LogP contribution is 2.36. The molecule has 2 unspecified atom stereocenters. The molecular formula is C64H80N8O4+4. The molecule has 0 amide bonds. The van der Waals surface area contributed by atoms with E-state index in [1.807, 2.05) is 0 Å². The summed E-state index contributed by atoms with van der Waals surface area (Å²) in [4.78, 5) is 19.6. The normalized spacial score (nSPS) is 18.4. The van der Waals surface area contributed by atoms with Crippen molar-refractivity contribution >= 4 is 28.1 Å². The number of aromatic nitrogens is 6. The predicted octanol–water partition coefficient (Wildman–Crippen LogP) is 8.15. The average molecular weight is 1030 g/mol. The largest absolute Gasteiger partial charge is 0.375 e. The third kappa shape index (κ3) is 13.3. The summed E-state index contributed by atoms with van der Waals surface area (Å²) in [5.41, 5.74) is 12.0. The van der Waals surface area contributed by atoms with Crippen molar-refractivity contribution in [1.82, 2.24) is 9.97 Å². The van der Waals surface area contributed by atoms with Gasteiger partial charge in [-0.15, -0.1) is 0 Å². The van der Waals surface area contributed by atoms with Gasteiger partial charge in [-0.2, -0.15) is 18.3 Å². The number of nitrogens with one attached hydrogen (secondary N) is 2. The number of rotatable bonds is 28. The zero-order chi connectivity index (χ0) is 52.3. The van der Waals surface area contributed by atoms with Gasteiger partial charge >= 0.3 is 0 Å². The SMILES string of the molecule is CCCCOCC[n+]1ccccc1/C1=c2\cc/c([nH]2)=C(\c2cccc[n+]2CCOCCCC)C2=NC(C=C2)C(c2cccc[n+]2CCOCCCC)c2ccc([nH]2)/C(c2cccc[n+]2CCOCCCC)=C2/C=CC1=N2. The van der Waals surface area contributed by atoms with Gasteiger partial charge in [-0.05, 0) is 86.4 Å². The van der Waals surface area contributed by atoms with Gasteiger partial charge in [-0.3, -0.25) is 4.99 Å². The summed E-state index contributed by atoms with van der Waals surface area (Å²) >= 11 is 0. The number of unbranched alkanes of at least 4 members (excludes halogenated alkanes) is 4. The number of ether oxygens (including phenoxy) is 4. The molecule has 9 rings (SSSR count). The van der Waals surface area contributed by atoms with Crippen LogP contribution in [0.15, 0.2) is 162 Å². The summed E-state index contributed by atoms with van der Waals surface area (Å²) in [6.07, 6.45) is 26.1. The molecule has 2 atom stereocenters. The maximum absolute atomic E-state index is 6.19. The van der Waals surface area contributed by atoms with Gasteiger partial charge in [0.25, 0.3) is 0 Å². The van der Waals surface area contributed by atoms with Gasteiger partial charge in [0.15, 0.2) is 56.7 Å². The zero-order valence-electron chi connectivity index (χ0n) is 45.5. The molecule has 0 radical (unpaired) electrons. The average Bonchev–Trinajstić information content (AvgIpc) is 4.34. The number of fused-ring (bicyclic) bond motifs is 6. The van der Waals surface area contributed by atoms with Crippen LogP contribution in [0.4, 0.5) is 0 Å². The van der Waals surface area contributed by atoms with E-state index in [0.717, 1.165) is 163 Å². The maximum Gasteiger partial charge on any atom is 0.216 e. The first-order chi connectivity index (χ1) is 37.6. The lowest BCUT2D eigenvalue weighted by atomic mass is 9.92. The van der Waals surface area contributed by atoms with Crippen molar-refractivity contribution in [2.45, 2.75) is 117 Å². The molecular weight excluding hydrogens is 945 g/mol. The lowest BCUT2D eigenvalue weighted by Crippen LogP contribution is -2.43. The van der Waals surface area contributed by atoms with E-state index in [9.17, 15) is 0 Å². The van der Waals surface area contributed by atoms with E-state index in [4.69, 9.17) is 28.9 Å². The Kier molecular flexibility index (Phi) is 19.9. The van der Waals surface area contributed by atoms with E-state index in [-0.39, 0.29) is 12.0 Å². The summed E-state index contributed by atoms with van der Waals surface area (Å²) in [5.74, 6) is -0.179. The quantitative estimate of drug-likeness (QED) is 0.0382. The molecule has 0 saturated heterocycles. The molecule has 6 aromatic heterocycles. The lowest BCUT2D eigenvalue weighted by molar-refractivity contribution is -0.706. The molecule has 3 aliphatic heterocycles. The van der Waals surface area contributed by atoms with Crippen LogP contribution in [0.3, 0.4) is 0 Å². The Morgan fingerprint density at radius 1 is 0.447 bits per heavy atom. The van der Waals surface area contributed by atoms with Crippen molar-refractivity contribution in [3.63, 3.8) is 0 Å². The van der Waals surface area contributed by atoms with Crippen molar-refractivity contribution in [3.8, 4) is 0 Å². The summed E-state index contributed by atoms with van der Waals surface area (Å²) in [6, 6.07) is 34.5. The summed E-state index contributed by atoms with van der Waals surface area (Å²) in [6.45, 7) is 17.0. The zero-order valence-corrected chi connectivity index (χ0v) is 45.5. The number of H-pyrrole nitrogens is 2. The number of nitrogens with zero attached hydrogens (tertiary/aromatic N) is 6. The highest BCUT2D eigenvalue weighted by Gasteiger charge is 2.36. The van der Waals surface area contributed by atoms with Gasteiger partial charge < -0.3 is 28.9 Å². The highest BCUT2D eigenvalue weighted by atomic mass is 16.5. The van der Waals surface area contributed by atoms with E-state index in [1.54, 1.807) is 0 Å². The molecule has 396 valence electrons. The molecule has 9 heterocycles. The Morgan fingerprint density at radius 3 is 1.45 bits per heavy atom. The van der Waals surface area contributed by atoms with Crippen LogP contribution in [0.25, 0.3) is 16.7 Å². The third-order valence-corrected chi connectivity index (χ3v) is 14.4. The Balaban J connectivity index is 1.29. The van der Waals surface area contributed by atoms with E-state index in [2.05, 4.69) is 202 Å². The van der Waals surface area contributed by atoms with Crippen LogP contribution in [0, 0.1) is 0 Å². The topological polar surface area (TPSA) is 109 Å². The Labute approximate surface area is 450 Å². The molecule has 0 saturated carbocycles. The first-order valence-corrected chi connectivity index (χ1v) is 28.3. The lowest BCUT2D eigenvalue weighted by Gasteiger charge is -2.19. The molecule has 0 aliphatic carbocycles. The van der Waals surface area contributed by atoms with Gasteiger partial charge in [0.05, 0.1) is 56.3 Å². The summed E-state index contributed by atoms with van der Waals surface area (Å²) in [5, 5.41) is 1.91. The number of allylic oxidation sites excluding steroid dienone is 3. The van der Waals surface area contributed by atoms with Gasteiger partial charge in [-0.25, -0.2) is 4.99 Å². The standard InChI is InChI=1S/C64H79N8O4/c1-5-9-41-73-45-37-69-33-17-13-21-57(69)61-49-25-27-51(65-49)62(58-22-14-18-34-70(58)38-46-74-42-10-6-2)53-29-31-55(67-53)64(60-24-16-20-36-72(60)40-48-76-44-12-8-4)56-32-30-54(68-56)63(52-28-26-50(61)66-52)59-23-15-19-35-71(59)39-47-75-43-11-7-3/h13-36,49,61H,5-12,37-48H2,1-4H3,(H,66,67,68)/q+3/p+1. The fraction of sp³-hybridized carbons (Fsp3) is 0.406. The third-order valence-electron chi connectivity index (χ3n) is 14.4. The Bertz CT molecular complexity index is 3160. The van der Waals surface area contributed by atoms with E-state index < -0.39 is 0 Å². The molecule has 12 heteroatoms. The van der Waals surface area contributed by atoms with Crippen LogP contribution < -0.4 is 29.0 Å². The van der Waals surface area contributed by atoms with Gasteiger partial charge in [0.2, 0.25) is 17.1 Å². The second-order valence-corrected chi connectivity index (χ2v) is 19.8. The van der Waals surface area contributed by atoms with Crippen LogP contribution in [-0.4, -0.2) is 80.3 Å². The molecule has 0 aromatic carbocycles. The van der Waals surface area contributed by atoms with Gasteiger partial charge in [0.1, 0.15) is 32.3 Å². The van der Waals surface area contributed by atoms with Crippen molar-refractivity contribution in [3.05, 3.63) is 197 Å². The predicted molar refractivity (Wildman–Crippen MR) is 300 cm³/mol. The number of hydrogen-bond acceptors (Lipinski definition) is 6. The molecule has 2 N–H and O–H groups in total. The summed E-state index contributed by atoms with van der Waals surface area (Å²) in [7, 11) is 0. The monoisotopic (exact) mass is 1020 g/mol. The maximum atomic E-state index is 6.19. The first-order valence-electron chi connectivity index (χ1n) is 28.3. The number of aliphatic imine (C=N–C) groups is 2. The van der Waals surface area contributed by atoms with Crippen molar-refractivity contribution < 1.29 is 37.2 Å². The molecule has 8 bridgehead atoms. The van der Waals surface area contributed by atoms with E-state index >= 15 is 0 Å². The van der Waals surface area contributed by atoms with Crippen LogP contribution >= 0.6 is 0 Å². The minimum absolute atomic E-state index is 0.179. The molecule has 6 aromatic rings. The van der Waals surface area contributed by atoms with E-state index in [1.165, 1.54) is 0 Å². The van der Waals surface area contributed by atoms with Crippen LogP contribution in [0.2, 0.25) is 0 Å². The fourth-order valence-electron chi connectivity index (χ4n) is 10.3. The van der Waals surface area contributed by atoms with Crippen molar-refractivity contribution in [2.24, 2.45) is 9.98 Å². The summed E-state index contributed by atoms with van der Waals surface area (Å²) < 4.78 is 34.0. The Hall–Kier alpha value is -6.70. The molecule has 0 spiro atoms. The fourth-order valence-corrected chi connectivity index (χ4v) is 10.3. The Morgan fingerprint density at radius 2 is 0.921 bits per heavy atom. The first kappa shape index (κ1) is 54.1. The second kappa shape index (κ2) is 27.9. The number of hydrogen-bond donors (Lipinski definition) is 2. The van der Waals surface area contributed by atoms with Crippen LogP contribution in [0.1, 0.15) is 119 Å². The molecule has 0 fully saturated rings. The number of aromatic amines is 2. The molecule has 3 aliphatic rings. The van der Waals surface area contributed by atoms with Crippen LogP contribution in [0.5, 0.6) is 0 Å².